The summed E-state index contributed by atoms with van der Waals surface area (Å²) in [6, 6.07) is 14.7. The first-order valence-corrected chi connectivity index (χ1v) is 14.7. The average Bonchev–Trinajstić information content (AvgIpc) is 3.69. The van der Waals surface area contributed by atoms with Crippen molar-refractivity contribution in [1.82, 2.24) is 9.62 Å². The van der Waals surface area contributed by atoms with E-state index in [9.17, 15) is 13.2 Å². The van der Waals surface area contributed by atoms with Crippen molar-refractivity contribution < 1.29 is 13.2 Å². The molecule has 0 spiro atoms. The van der Waals surface area contributed by atoms with Crippen LogP contribution in [0.1, 0.15) is 56.2 Å². The van der Waals surface area contributed by atoms with Crippen LogP contribution in [0.5, 0.6) is 0 Å². The zero-order valence-electron chi connectivity index (χ0n) is 20.6. The Hall–Kier alpha value is -2.12. The number of nitrogens with zero attached hydrogens (tertiary/aromatic N) is 1. The van der Waals surface area contributed by atoms with Gasteiger partial charge in [0.1, 0.15) is 0 Å². The molecule has 1 amide bonds. The van der Waals surface area contributed by atoms with Gasteiger partial charge in [-0.15, -0.1) is 6.58 Å². The summed E-state index contributed by atoms with van der Waals surface area (Å²) in [5.41, 5.74) is 3.62. The first-order chi connectivity index (χ1) is 17.2. The molecule has 3 atom stereocenters. The number of hydrogen-bond acceptors (Lipinski definition) is 3. The van der Waals surface area contributed by atoms with Crippen LogP contribution in [-0.4, -0.2) is 37.6 Å². The molecule has 0 radical (unpaired) electrons. The Kier molecular flexibility index (Phi) is 8.30. The summed E-state index contributed by atoms with van der Waals surface area (Å²) in [5.74, 6) is -0.0170. The molecule has 5 nitrogen and oxygen atoms in total. The van der Waals surface area contributed by atoms with Gasteiger partial charge in [-0.3, -0.25) is 4.79 Å². The predicted octanol–water partition coefficient (Wildman–Crippen LogP) is 6.27. The number of allylic oxidation sites excluding steroid dienone is 1. The average molecular weight is 548 g/mol. The van der Waals surface area contributed by atoms with Crippen molar-refractivity contribution in [2.45, 2.75) is 51.1 Å². The molecule has 4 rings (SSSR count). The lowest BCUT2D eigenvalue weighted by atomic mass is 9.75. The molecule has 0 saturated heterocycles. The maximum Gasteiger partial charge on any atom is 0.250 e. The number of amides is 1. The van der Waals surface area contributed by atoms with Gasteiger partial charge in [-0.05, 0) is 74.4 Å². The third kappa shape index (κ3) is 5.72. The van der Waals surface area contributed by atoms with E-state index in [0.717, 1.165) is 29.5 Å². The number of nitrogens with one attached hydrogen (secondary N) is 1. The fourth-order valence-corrected chi connectivity index (χ4v) is 6.17. The van der Waals surface area contributed by atoms with Crippen LogP contribution in [0.15, 0.2) is 72.3 Å². The van der Waals surface area contributed by atoms with Gasteiger partial charge in [0.05, 0.1) is 11.8 Å². The van der Waals surface area contributed by atoms with E-state index in [0.29, 0.717) is 22.0 Å². The second-order valence-electron chi connectivity index (χ2n) is 9.55. The van der Waals surface area contributed by atoms with Crippen LogP contribution >= 0.6 is 23.2 Å². The van der Waals surface area contributed by atoms with Gasteiger partial charge < -0.3 is 4.90 Å². The van der Waals surface area contributed by atoms with E-state index in [2.05, 4.69) is 11.3 Å². The van der Waals surface area contributed by atoms with Crippen molar-refractivity contribution in [3.05, 3.63) is 93.5 Å². The quantitative estimate of drug-likeness (QED) is 0.357. The molecule has 1 N–H and O–H groups in total. The second kappa shape index (κ2) is 11.1. The van der Waals surface area contributed by atoms with Gasteiger partial charge in [-0.25, -0.2) is 13.1 Å². The molecule has 0 aromatic heterocycles. The Labute approximate surface area is 224 Å². The van der Waals surface area contributed by atoms with Crippen LogP contribution in [0, 0.1) is 5.92 Å². The maximum absolute atomic E-state index is 14.2. The van der Waals surface area contributed by atoms with E-state index in [1.165, 1.54) is 0 Å². The van der Waals surface area contributed by atoms with Gasteiger partial charge >= 0.3 is 0 Å². The van der Waals surface area contributed by atoms with Crippen molar-refractivity contribution in [2.24, 2.45) is 5.92 Å². The Balaban J connectivity index is 1.91. The normalized spacial score (nSPS) is 21.6. The van der Waals surface area contributed by atoms with Crippen molar-refractivity contribution in [3.8, 4) is 0 Å². The Bertz CT molecular complexity index is 1270. The zero-order valence-corrected chi connectivity index (χ0v) is 22.9. The summed E-state index contributed by atoms with van der Waals surface area (Å²) in [5, 5.41) is 1.24. The summed E-state index contributed by atoms with van der Waals surface area (Å²) in [6.07, 6.45) is 4.09. The molecule has 1 fully saturated rings. The first kappa shape index (κ1) is 26.9. The highest BCUT2D eigenvalue weighted by Crippen LogP contribution is 2.50. The third-order valence-electron chi connectivity index (χ3n) is 7.23. The van der Waals surface area contributed by atoms with Gasteiger partial charge in [-0.1, -0.05) is 59.1 Å². The highest BCUT2D eigenvalue weighted by Gasteiger charge is 2.48. The molecule has 1 unspecified atom stereocenters. The summed E-state index contributed by atoms with van der Waals surface area (Å²) in [7, 11) is -3.42. The number of hydrogen-bond donors (Lipinski definition) is 1. The molecule has 1 aliphatic carbocycles. The summed E-state index contributed by atoms with van der Waals surface area (Å²) in [6.45, 7) is 7.69. The fraction of sp³-hybridized carbons (Fsp3) is 0.393. The van der Waals surface area contributed by atoms with E-state index < -0.39 is 10.0 Å². The topological polar surface area (TPSA) is 66.5 Å². The molecular weight excluding hydrogens is 515 g/mol. The van der Waals surface area contributed by atoms with E-state index in [-0.39, 0.29) is 42.1 Å². The number of rotatable bonds is 10. The lowest BCUT2D eigenvalue weighted by Gasteiger charge is -2.47. The molecule has 36 heavy (non-hydrogen) atoms. The highest BCUT2D eigenvalue weighted by molar-refractivity contribution is 7.89. The van der Waals surface area contributed by atoms with Crippen LogP contribution in [0.4, 0.5) is 0 Å². The minimum Gasteiger partial charge on any atom is -0.326 e. The minimum absolute atomic E-state index is 0.00912. The molecule has 1 heterocycles. The van der Waals surface area contributed by atoms with Crippen LogP contribution in [0.3, 0.4) is 0 Å². The standard InChI is InChI=1S/C28H32Cl2N2O3S/c1-4-7-24-18(3)26(21-8-6-9-23(30)16-21)27(20-12-14-22(29)15-13-20)32(28(24)33)25(19-10-11-19)17-31-36(34,35)5-2/h4,6,8-9,12-16,19,25-27,31H,1,5,7,10-11,17H2,2-3H3/t25?,26-,27-/m1/s1. The van der Waals surface area contributed by atoms with Gasteiger partial charge in [0.15, 0.2) is 0 Å². The van der Waals surface area contributed by atoms with Crippen molar-refractivity contribution in [3.63, 3.8) is 0 Å². The highest BCUT2D eigenvalue weighted by atomic mass is 35.5. The van der Waals surface area contributed by atoms with Gasteiger partial charge in [0.2, 0.25) is 10.0 Å². The molecule has 0 bridgehead atoms. The van der Waals surface area contributed by atoms with E-state index in [1.54, 1.807) is 13.0 Å². The van der Waals surface area contributed by atoms with Gasteiger partial charge in [0.25, 0.3) is 5.91 Å². The number of sulfonamides is 1. The fourth-order valence-electron chi connectivity index (χ4n) is 5.22. The molecule has 2 aromatic rings. The molecule has 1 saturated carbocycles. The molecule has 192 valence electrons. The Morgan fingerprint density at radius 2 is 1.81 bits per heavy atom. The van der Waals surface area contributed by atoms with Crippen molar-refractivity contribution in [2.75, 3.05) is 12.3 Å². The van der Waals surface area contributed by atoms with E-state index in [1.807, 2.05) is 60.4 Å². The molecule has 1 aliphatic heterocycles. The number of carbonyl (C=O) groups excluding carboxylic acids is 1. The third-order valence-corrected chi connectivity index (χ3v) is 9.09. The summed E-state index contributed by atoms with van der Waals surface area (Å²) < 4.78 is 27.5. The molecular formula is C28H32Cl2N2O3S. The Morgan fingerprint density at radius 3 is 2.39 bits per heavy atom. The van der Waals surface area contributed by atoms with Gasteiger partial charge in [-0.2, -0.15) is 0 Å². The minimum atomic E-state index is -3.42. The smallest absolute Gasteiger partial charge is 0.250 e. The molecule has 2 aliphatic rings. The summed E-state index contributed by atoms with van der Waals surface area (Å²) >= 11 is 12.6. The van der Waals surface area contributed by atoms with Crippen LogP contribution in [0.25, 0.3) is 0 Å². The van der Waals surface area contributed by atoms with Gasteiger partial charge in [0, 0.05) is 34.1 Å². The zero-order chi connectivity index (χ0) is 26.0. The second-order valence-corrected chi connectivity index (χ2v) is 12.5. The molecule has 8 heteroatoms. The van der Waals surface area contributed by atoms with Crippen LogP contribution in [0.2, 0.25) is 10.0 Å². The van der Waals surface area contributed by atoms with Crippen LogP contribution < -0.4 is 4.72 Å². The van der Waals surface area contributed by atoms with Crippen LogP contribution in [-0.2, 0) is 14.8 Å². The van der Waals surface area contributed by atoms with Crippen molar-refractivity contribution in [1.29, 1.82) is 0 Å². The molecule has 2 aromatic carbocycles. The predicted molar refractivity (Wildman–Crippen MR) is 147 cm³/mol. The first-order valence-electron chi connectivity index (χ1n) is 12.3. The summed E-state index contributed by atoms with van der Waals surface area (Å²) in [4.78, 5) is 16.1. The monoisotopic (exact) mass is 546 g/mol. The van der Waals surface area contributed by atoms with Crippen molar-refractivity contribution >= 4 is 39.1 Å². The lowest BCUT2D eigenvalue weighted by Crippen LogP contribution is -2.53. The van der Waals surface area contributed by atoms with E-state index >= 15 is 0 Å². The number of carbonyl (C=O) groups is 1. The number of benzene rings is 2. The number of halogens is 2. The lowest BCUT2D eigenvalue weighted by molar-refractivity contribution is -0.134. The maximum atomic E-state index is 14.2. The Morgan fingerprint density at radius 1 is 1.11 bits per heavy atom. The van der Waals surface area contributed by atoms with E-state index in [4.69, 9.17) is 23.2 Å². The largest absolute Gasteiger partial charge is 0.326 e. The SMILES string of the molecule is C=CCC1=C(C)[C@H](c2cccc(Cl)c2)[C@@H](c2ccc(Cl)cc2)N(C(CNS(=O)(=O)CC)C2CC2)C1=O.